The van der Waals surface area contributed by atoms with Crippen LogP contribution in [0.4, 0.5) is 5.95 Å². The molecule has 0 bridgehead atoms. The minimum Gasteiger partial charge on any atom is -0.374 e. The molecule has 0 radical (unpaired) electrons. The molecule has 1 aromatic heterocycles. The Kier molecular flexibility index (Phi) is 2.79. The van der Waals surface area contributed by atoms with E-state index in [0.29, 0.717) is 5.95 Å². The zero-order chi connectivity index (χ0) is 9.97. The number of rotatable bonds is 1. The number of aromatic nitrogens is 3. The van der Waals surface area contributed by atoms with E-state index in [-0.39, 0.29) is 5.28 Å². The number of hydrogen-bond donors (Lipinski definition) is 1. The smallest absolute Gasteiger partial charge is 0.231 e. The third-order valence-electron chi connectivity index (χ3n) is 2.26. The molecule has 0 amide bonds. The lowest BCUT2D eigenvalue weighted by Gasteiger charge is -2.31. The van der Waals surface area contributed by atoms with Crippen LogP contribution in [0.1, 0.15) is 19.3 Å². The van der Waals surface area contributed by atoms with E-state index >= 15 is 0 Å². The lowest BCUT2D eigenvalue weighted by atomic mass is 10.1. The molecule has 0 spiro atoms. The van der Waals surface area contributed by atoms with Crippen LogP contribution in [0.15, 0.2) is 6.33 Å². The van der Waals surface area contributed by atoms with E-state index in [0.717, 1.165) is 25.8 Å². The van der Waals surface area contributed by atoms with E-state index in [1.165, 1.54) is 6.33 Å². The number of aliphatic hydroxyl groups is 1. The van der Waals surface area contributed by atoms with Crippen molar-refractivity contribution in [1.82, 2.24) is 15.0 Å². The van der Waals surface area contributed by atoms with E-state index < -0.39 is 6.23 Å². The van der Waals surface area contributed by atoms with E-state index in [4.69, 9.17) is 11.6 Å². The average Bonchev–Trinajstić information content (AvgIpc) is 2.18. The Morgan fingerprint density at radius 3 is 3.00 bits per heavy atom. The molecule has 2 rings (SSSR count). The summed E-state index contributed by atoms with van der Waals surface area (Å²) in [6.07, 6.45) is 3.69. The highest BCUT2D eigenvalue weighted by Gasteiger charge is 2.22. The van der Waals surface area contributed by atoms with Crippen molar-refractivity contribution in [2.75, 3.05) is 11.4 Å². The molecule has 0 saturated carbocycles. The maximum absolute atomic E-state index is 9.70. The summed E-state index contributed by atoms with van der Waals surface area (Å²) in [5.74, 6) is 0.456. The Bertz CT molecular complexity index is 322. The van der Waals surface area contributed by atoms with Crippen molar-refractivity contribution in [2.45, 2.75) is 25.5 Å². The van der Waals surface area contributed by atoms with Crippen LogP contribution in [-0.2, 0) is 0 Å². The summed E-state index contributed by atoms with van der Waals surface area (Å²) >= 11 is 5.64. The third-order valence-corrected chi connectivity index (χ3v) is 2.44. The van der Waals surface area contributed by atoms with Gasteiger partial charge in [0.1, 0.15) is 12.6 Å². The van der Waals surface area contributed by atoms with Crippen molar-refractivity contribution in [3.8, 4) is 0 Å². The molecule has 2 heterocycles. The minimum atomic E-state index is -0.498. The van der Waals surface area contributed by atoms with Crippen molar-refractivity contribution >= 4 is 17.5 Å². The second kappa shape index (κ2) is 4.06. The van der Waals surface area contributed by atoms with Gasteiger partial charge in [0.15, 0.2) is 0 Å². The molecule has 1 fully saturated rings. The Balaban J connectivity index is 2.20. The molecular weight excluding hydrogens is 204 g/mol. The molecule has 0 aliphatic carbocycles. The summed E-state index contributed by atoms with van der Waals surface area (Å²) in [7, 11) is 0. The van der Waals surface area contributed by atoms with Gasteiger partial charge in [-0.2, -0.15) is 4.98 Å². The van der Waals surface area contributed by atoms with Crippen LogP contribution in [0.2, 0.25) is 5.28 Å². The van der Waals surface area contributed by atoms with Crippen molar-refractivity contribution in [3.63, 3.8) is 0 Å². The van der Waals surface area contributed by atoms with Gasteiger partial charge in [-0.15, -0.1) is 0 Å². The summed E-state index contributed by atoms with van der Waals surface area (Å²) < 4.78 is 0. The Morgan fingerprint density at radius 2 is 2.29 bits per heavy atom. The second-order valence-electron chi connectivity index (χ2n) is 3.22. The van der Waals surface area contributed by atoms with Crippen LogP contribution in [0, 0.1) is 0 Å². The quantitative estimate of drug-likeness (QED) is 0.751. The second-order valence-corrected chi connectivity index (χ2v) is 3.56. The highest BCUT2D eigenvalue weighted by molar-refractivity contribution is 6.28. The van der Waals surface area contributed by atoms with Crippen LogP contribution in [0.5, 0.6) is 0 Å². The first kappa shape index (κ1) is 9.61. The highest BCUT2D eigenvalue weighted by Crippen LogP contribution is 2.19. The van der Waals surface area contributed by atoms with E-state index in [2.05, 4.69) is 15.0 Å². The molecule has 1 unspecified atom stereocenters. The first-order valence-corrected chi connectivity index (χ1v) is 4.94. The van der Waals surface area contributed by atoms with Gasteiger partial charge in [-0.1, -0.05) is 0 Å². The zero-order valence-corrected chi connectivity index (χ0v) is 8.35. The average molecular weight is 215 g/mol. The number of aliphatic hydroxyl groups excluding tert-OH is 1. The molecule has 6 heteroatoms. The van der Waals surface area contributed by atoms with Gasteiger partial charge in [-0.25, -0.2) is 9.97 Å². The molecule has 1 saturated heterocycles. The van der Waals surface area contributed by atoms with Gasteiger partial charge in [0.25, 0.3) is 0 Å². The summed E-state index contributed by atoms with van der Waals surface area (Å²) in [5.41, 5.74) is 0. The number of hydrogen-bond acceptors (Lipinski definition) is 5. The van der Waals surface area contributed by atoms with Crippen LogP contribution >= 0.6 is 11.6 Å². The van der Waals surface area contributed by atoms with Crippen LogP contribution in [0.25, 0.3) is 0 Å². The van der Waals surface area contributed by atoms with E-state index in [9.17, 15) is 5.11 Å². The molecule has 1 aliphatic heterocycles. The lowest BCUT2D eigenvalue weighted by Crippen LogP contribution is -2.40. The predicted octanol–water partition coefficient (Wildman–Crippen LogP) is 0.834. The summed E-state index contributed by atoms with van der Waals surface area (Å²) in [6.45, 7) is 0.765. The SMILES string of the molecule is OC1CCCCN1c1ncnc(Cl)n1. The minimum absolute atomic E-state index is 0.160. The normalized spacial score (nSPS) is 22.4. The fourth-order valence-corrected chi connectivity index (χ4v) is 1.67. The molecular formula is C8H11ClN4O. The van der Waals surface area contributed by atoms with Gasteiger partial charge in [-0.05, 0) is 30.9 Å². The molecule has 1 atom stereocenters. The Labute approximate surface area is 86.8 Å². The van der Waals surface area contributed by atoms with E-state index in [1.807, 2.05) is 0 Å². The van der Waals surface area contributed by atoms with Gasteiger partial charge in [0.05, 0.1) is 0 Å². The summed E-state index contributed by atoms with van der Waals surface area (Å²) in [5, 5.41) is 9.86. The maximum Gasteiger partial charge on any atom is 0.231 e. The lowest BCUT2D eigenvalue weighted by molar-refractivity contribution is 0.138. The summed E-state index contributed by atoms with van der Waals surface area (Å²) in [4.78, 5) is 13.4. The van der Waals surface area contributed by atoms with Crippen LogP contribution in [0.3, 0.4) is 0 Å². The van der Waals surface area contributed by atoms with Gasteiger partial charge < -0.3 is 10.0 Å². The first-order valence-electron chi connectivity index (χ1n) is 4.56. The van der Waals surface area contributed by atoms with Crippen molar-refractivity contribution < 1.29 is 5.11 Å². The maximum atomic E-state index is 9.70. The number of nitrogens with zero attached hydrogens (tertiary/aromatic N) is 4. The fraction of sp³-hybridized carbons (Fsp3) is 0.625. The molecule has 5 nitrogen and oxygen atoms in total. The number of halogens is 1. The fourth-order valence-electron chi connectivity index (χ4n) is 1.55. The van der Waals surface area contributed by atoms with Gasteiger partial charge in [0.2, 0.25) is 11.2 Å². The van der Waals surface area contributed by atoms with Crippen LogP contribution < -0.4 is 4.90 Å². The standard InChI is InChI=1S/C8H11ClN4O/c9-7-10-5-11-8(12-7)13-4-2-1-3-6(13)14/h5-6,14H,1-4H2. The van der Waals surface area contributed by atoms with Crippen molar-refractivity contribution in [1.29, 1.82) is 0 Å². The summed E-state index contributed by atoms with van der Waals surface area (Å²) in [6, 6.07) is 0. The topological polar surface area (TPSA) is 62.1 Å². The van der Waals surface area contributed by atoms with Crippen LogP contribution in [-0.4, -0.2) is 32.8 Å². The monoisotopic (exact) mass is 214 g/mol. The van der Waals surface area contributed by atoms with Gasteiger partial charge >= 0.3 is 0 Å². The number of anilines is 1. The van der Waals surface area contributed by atoms with E-state index in [1.54, 1.807) is 4.90 Å². The molecule has 14 heavy (non-hydrogen) atoms. The Morgan fingerprint density at radius 1 is 1.43 bits per heavy atom. The largest absolute Gasteiger partial charge is 0.374 e. The Hall–Kier alpha value is -0.940. The highest BCUT2D eigenvalue weighted by atomic mass is 35.5. The molecule has 76 valence electrons. The zero-order valence-electron chi connectivity index (χ0n) is 7.60. The molecule has 1 aromatic rings. The van der Waals surface area contributed by atoms with Crippen molar-refractivity contribution in [2.24, 2.45) is 0 Å². The molecule has 1 aliphatic rings. The first-order chi connectivity index (χ1) is 6.77. The number of piperidine rings is 1. The third kappa shape index (κ3) is 1.93. The van der Waals surface area contributed by atoms with Gasteiger partial charge in [0, 0.05) is 6.54 Å². The molecule has 0 aromatic carbocycles. The molecule has 1 N–H and O–H groups in total. The predicted molar refractivity (Wildman–Crippen MR) is 52.0 cm³/mol. The van der Waals surface area contributed by atoms with Crippen molar-refractivity contribution in [3.05, 3.63) is 11.6 Å². The van der Waals surface area contributed by atoms with Gasteiger partial charge in [-0.3, -0.25) is 0 Å².